The molecule has 0 spiro atoms. The summed E-state index contributed by atoms with van der Waals surface area (Å²) < 4.78 is 32.0. The molecule has 1 aromatic carbocycles. The van der Waals surface area contributed by atoms with E-state index in [9.17, 15) is 18.0 Å². The minimum Gasteiger partial charge on any atom is -0.461 e. The number of esters is 1. The molecule has 1 heterocycles. The third-order valence-electron chi connectivity index (χ3n) is 2.90. The van der Waals surface area contributed by atoms with Crippen molar-refractivity contribution in [3.05, 3.63) is 35.5 Å². The highest BCUT2D eigenvalue weighted by Gasteiger charge is 2.22. The first-order valence-corrected chi connectivity index (χ1v) is 9.47. The molecule has 0 radical (unpaired) electrons. The van der Waals surface area contributed by atoms with Crippen molar-refractivity contribution in [2.75, 3.05) is 23.2 Å². The third kappa shape index (κ3) is 4.75. The maximum Gasteiger partial charge on any atom is 0.360 e. The molecule has 1 aromatic heterocycles. The van der Waals surface area contributed by atoms with Gasteiger partial charge in [0, 0.05) is 5.69 Å². The number of amides is 1. The number of anilines is 2. The minimum atomic E-state index is -3.93. The van der Waals surface area contributed by atoms with Crippen LogP contribution in [0.1, 0.15) is 17.4 Å². The third-order valence-corrected chi connectivity index (χ3v) is 5.13. The van der Waals surface area contributed by atoms with Crippen LogP contribution in [0.25, 0.3) is 0 Å². The fourth-order valence-corrected chi connectivity index (χ4v) is 3.76. The van der Waals surface area contributed by atoms with E-state index in [1.807, 2.05) is 0 Å². The molecule has 25 heavy (non-hydrogen) atoms. The maximum atomic E-state index is 12.4. The molecular formula is C14H16N4O5S2. The lowest BCUT2D eigenvalue weighted by molar-refractivity contribution is -0.114. The van der Waals surface area contributed by atoms with Crippen molar-refractivity contribution < 1.29 is 22.7 Å². The number of nitrogens with one attached hydrogen (secondary N) is 2. The zero-order chi connectivity index (χ0) is 18.4. The van der Waals surface area contributed by atoms with E-state index in [2.05, 4.69) is 15.0 Å². The summed E-state index contributed by atoms with van der Waals surface area (Å²) in [4.78, 5) is 26.8. The Morgan fingerprint density at radius 2 is 1.96 bits per heavy atom. The van der Waals surface area contributed by atoms with Crippen molar-refractivity contribution in [2.45, 2.75) is 11.8 Å². The standard InChI is InChI=1S/C14H16N4O5S2/c1-2-23-14(20)12-13(24-8-16-12)18-25(21,22)10-5-3-9(4-6-10)17-11(19)7-15/h3-6,8,18H,2,7,15H2,1H3,(H,17,19). The zero-order valence-electron chi connectivity index (χ0n) is 13.2. The van der Waals surface area contributed by atoms with Crippen LogP contribution in [0.3, 0.4) is 0 Å². The number of hydrogen-bond donors (Lipinski definition) is 3. The molecule has 1 amide bonds. The monoisotopic (exact) mass is 384 g/mol. The lowest BCUT2D eigenvalue weighted by Crippen LogP contribution is -2.21. The van der Waals surface area contributed by atoms with E-state index >= 15 is 0 Å². The van der Waals surface area contributed by atoms with Gasteiger partial charge in [0.05, 0.1) is 23.6 Å². The average Bonchev–Trinajstić information content (AvgIpc) is 3.03. The van der Waals surface area contributed by atoms with Crippen molar-refractivity contribution in [1.29, 1.82) is 0 Å². The first-order chi connectivity index (χ1) is 11.9. The molecule has 0 atom stereocenters. The van der Waals surface area contributed by atoms with Crippen molar-refractivity contribution in [3.8, 4) is 0 Å². The van der Waals surface area contributed by atoms with Crippen LogP contribution < -0.4 is 15.8 Å². The van der Waals surface area contributed by atoms with E-state index in [1.54, 1.807) is 6.92 Å². The Kier molecular flexibility index (Phi) is 6.07. The van der Waals surface area contributed by atoms with Crippen molar-refractivity contribution in [1.82, 2.24) is 4.98 Å². The number of carbonyl (C=O) groups excluding carboxylic acids is 2. The van der Waals surface area contributed by atoms with Crippen LogP contribution in [-0.4, -0.2) is 38.4 Å². The summed E-state index contributed by atoms with van der Waals surface area (Å²) in [7, 11) is -3.93. The van der Waals surface area contributed by atoms with E-state index in [0.29, 0.717) is 5.69 Å². The quantitative estimate of drug-likeness (QED) is 0.605. The number of nitrogens with zero attached hydrogens (tertiary/aromatic N) is 1. The lowest BCUT2D eigenvalue weighted by atomic mass is 10.3. The van der Waals surface area contributed by atoms with E-state index in [-0.39, 0.29) is 28.7 Å². The summed E-state index contributed by atoms with van der Waals surface area (Å²) in [5, 5.41) is 2.57. The largest absolute Gasteiger partial charge is 0.461 e. The van der Waals surface area contributed by atoms with Crippen molar-refractivity contribution >= 4 is 43.9 Å². The number of thiazole rings is 1. The number of benzene rings is 1. The Morgan fingerprint density at radius 3 is 2.56 bits per heavy atom. The molecular weight excluding hydrogens is 368 g/mol. The summed E-state index contributed by atoms with van der Waals surface area (Å²) in [6.07, 6.45) is 0. The van der Waals surface area contributed by atoms with Gasteiger partial charge in [-0.05, 0) is 31.2 Å². The molecule has 134 valence electrons. The number of aromatic nitrogens is 1. The highest BCUT2D eigenvalue weighted by Crippen LogP contribution is 2.25. The van der Waals surface area contributed by atoms with Crippen molar-refractivity contribution in [3.63, 3.8) is 0 Å². The number of sulfonamides is 1. The Bertz CT molecular complexity index is 862. The lowest BCUT2D eigenvalue weighted by Gasteiger charge is -2.09. The molecule has 0 aliphatic heterocycles. The molecule has 0 fully saturated rings. The van der Waals surface area contributed by atoms with Gasteiger partial charge in [-0.15, -0.1) is 11.3 Å². The van der Waals surface area contributed by atoms with Crippen molar-refractivity contribution in [2.24, 2.45) is 5.73 Å². The molecule has 2 aromatic rings. The van der Waals surface area contributed by atoms with Gasteiger partial charge in [-0.25, -0.2) is 18.2 Å². The summed E-state index contributed by atoms with van der Waals surface area (Å²) in [6.45, 7) is 1.61. The molecule has 4 N–H and O–H groups in total. The number of carbonyl (C=O) groups is 2. The molecule has 2 rings (SSSR count). The molecule has 9 nitrogen and oxygen atoms in total. The Hall–Kier alpha value is -2.50. The predicted octanol–water partition coefficient (Wildman–Crippen LogP) is 1.02. The summed E-state index contributed by atoms with van der Waals surface area (Å²) in [5.41, 5.74) is 6.86. The van der Waals surface area contributed by atoms with Gasteiger partial charge in [-0.1, -0.05) is 0 Å². The van der Waals surface area contributed by atoms with Crippen LogP contribution in [0.15, 0.2) is 34.7 Å². The highest BCUT2D eigenvalue weighted by atomic mass is 32.2. The van der Waals surface area contributed by atoms with E-state index < -0.39 is 21.9 Å². The molecule has 0 aliphatic carbocycles. The van der Waals surface area contributed by atoms with E-state index in [4.69, 9.17) is 10.5 Å². The van der Waals surface area contributed by atoms with Gasteiger partial charge in [0.15, 0.2) is 5.69 Å². The van der Waals surface area contributed by atoms with Crippen LogP contribution >= 0.6 is 11.3 Å². The SMILES string of the molecule is CCOC(=O)c1ncsc1NS(=O)(=O)c1ccc(NC(=O)CN)cc1. The average molecular weight is 384 g/mol. The number of nitrogens with two attached hydrogens (primary N) is 1. The second-order valence-corrected chi connectivity index (χ2v) is 7.17. The smallest absolute Gasteiger partial charge is 0.360 e. The summed E-state index contributed by atoms with van der Waals surface area (Å²) >= 11 is 0.967. The van der Waals surface area contributed by atoms with Gasteiger partial charge >= 0.3 is 5.97 Å². The van der Waals surface area contributed by atoms with E-state index in [0.717, 1.165) is 11.3 Å². The zero-order valence-corrected chi connectivity index (χ0v) is 14.8. The topological polar surface area (TPSA) is 140 Å². The molecule has 0 aliphatic rings. The summed E-state index contributed by atoms with van der Waals surface area (Å²) in [5.74, 6) is -1.10. The molecule has 0 unspecified atom stereocenters. The van der Waals surface area contributed by atoms with Gasteiger partial charge in [0.1, 0.15) is 5.00 Å². The molecule has 0 saturated heterocycles. The van der Waals surface area contributed by atoms with Crippen LogP contribution in [0.5, 0.6) is 0 Å². The second-order valence-electron chi connectivity index (χ2n) is 4.63. The maximum absolute atomic E-state index is 12.4. The molecule has 0 saturated carbocycles. The van der Waals surface area contributed by atoms with Gasteiger partial charge in [0.25, 0.3) is 10.0 Å². The normalized spacial score (nSPS) is 11.0. The summed E-state index contributed by atoms with van der Waals surface area (Å²) in [6, 6.07) is 5.50. The molecule has 0 bridgehead atoms. The first kappa shape index (κ1) is 18.8. The fourth-order valence-electron chi connectivity index (χ4n) is 1.77. The second kappa shape index (κ2) is 8.05. The van der Waals surface area contributed by atoms with Crippen LogP contribution in [0, 0.1) is 0 Å². The first-order valence-electron chi connectivity index (χ1n) is 7.10. The van der Waals surface area contributed by atoms with E-state index in [1.165, 1.54) is 29.8 Å². The van der Waals surface area contributed by atoms with Crippen LogP contribution in [0.4, 0.5) is 10.7 Å². The van der Waals surface area contributed by atoms with Gasteiger partial charge in [0.2, 0.25) is 5.91 Å². The van der Waals surface area contributed by atoms with Crippen LogP contribution in [0.2, 0.25) is 0 Å². The van der Waals surface area contributed by atoms with Gasteiger partial charge in [-0.3, -0.25) is 9.52 Å². The number of ether oxygens (including phenoxy) is 1. The number of rotatable bonds is 7. The van der Waals surface area contributed by atoms with Gasteiger partial charge < -0.3 is 15.8 Å². The van der Waals surface area contributed by atoms with Gasteiger partial charge in [-0.2, -0.15) is 0 Å². The Balaban J connectivity index is 2.18. The minimum absolute atomic E-state index is 0.0403. The Morgan fingerprint density at radius 1 is 1.28 bits per heavy atom. The predicted molar refractivity (Wildman–Crippen MR) is 93.0 cm³/mol. The fraction of sp³-hybridized carbons (Fsp3) is 0.214. The number of hydrogen-bond acceptors (Lipinski definition) is 8. The Labute approximate surface area is 148 Å². The van der Waals surface area contributed by atoms with Crippen LogP contribution in [-0.2, 0) is 19.6 Å². The highest BCUT2D eigenvalue weighted by molar-refractivity contribution is 7.93. The molecule has 11 heteroatoms.